The number of amidine groups is 1. The minimum Gasteiger partial charge on any atom is -0.294 e. The van der Waals surface area contributed by atoms with Crippen LogP contribution in [0.3, 0.4) is 0 Å². The molecule has 1 aliphatic heterocycles. The number of hydrogen-bond donors (Lipinski definition) is 0. The summed E-state index contributed by atoms with van der Waals surface area (Å²) in [4.78, 5) is 12.7. The van der Waals surface area contributed by atoms with Crippen LogP contribution in [0.4, 0.5) is 22.0 Å². The van der Waals surface area contributed by atoms with Gasteiger partial charge in [0.05, 0.1) is 16.8 Å². The van der Waals surface area contributed by atoms with Crippen molar-refractivity contribution in [1.29, 1.82) is 0 Å². The molecule has 0 radical (unpaired) electrons. The fourth-order valence-corrected chi connectivity index (χ4v) is 4.49. The van der Waals surface area contributed by atoms with Gasteiger partial charge in [0, 0.05) is 13.3 Å². The molecule has 196 valence electrons. The standard InChI is InChI=1S/C30H26F5N3/c1-17-8-10-22(24(13-17)30(33,34)35)21-11-9-20(15-19(21)3)12-18(2)14-26-27(16-36-4)38-29(37-26)23-6-5-7-25(31)28(23)32/h5-11,13-16,18H,12H2,1-4H3/b26-14+,36-16?. The fraction of sp³-hybridized carbons (Fsp3) is 0.233. The maximum Gasteiger partial charge on any atom is 0.417 e. The van der Waals surface area contributed by atoms with Gasteiger partial charge in [0.25, 0.3) is 0 Å². The van der Waals surface area contributed by atoms with Crippen LogP contribution in [0.1, 0.15) is 34.7 Å². The predicted molar refractivity (Wildman–Crippen MR) is 142 cm³/mol. The topological polar surface area (TPSA) is 37.1 Å². The van der Waals surface area contributed by atoms with Gasteiger partial charge in [-0.15, -0.1) is 0 Å². The minimum absolute atomic E-state index is 0.0383. The van der Waals surface area contributed by atoms with E-state index in [-0.39, 0.29) is 22.9 Å². The van der Waals surface area contributed by atoms with Crippen LogP contribution >= 0.6 is 0 Å². The van der Waals surface area contributed by atoms with E-state index in [1.807, 2.05) is 25.1 Å². The average Bonchev–Trinajstić information content (AvgIpc) is 3.22. The number of alkyl halides is 3. The van der Waals surface area contributed by atoms with Crippen LogP contribution in [-0.4, -0.2) is 24.8 Å². The largest absolute Gasteiger partial charge is 0.417 e. The molecule has 3 aromatic carbocycles. The van der Waals surface area contributed by atoms with Gasteiger partial charge in [-0.25, -0.2) is 18.8 Å². The van der Waals surface area contributed by atoms with Gasteiger partial charge in [0.15, 0.2) is 17.5 Å². The van der Waals surface area contributed by atoms with Crippen molar-refractivity contribution in [2.45, 2.75) is 33.4 Å². The molecule has 0 spiro atoms. The Morgan fingerprint density at radius 2 is 1.66 bits per heavy atom. The van der Waals surface area contributed by atoms with E-state index in [9.17, 15) is 22.0 Å². The Balaban J connectivity index is 1.60. The zero-order chi connectivity index (χ0) is 27.6. The van der Waals surface area contributed by atoms with Gasteiger partial charge in [0.1, 0.15) is 5.71 Å². The number of rotatable bonds is 6. The van der Waals surface area contributed by atoms with Crippen LogP contribution in [0, 0.1) is 31.4 Å². The highest BCUT2D eigenvalue weighted by Crippen LogP contribution is 2.39. The zero-order valence-corrected chi connectivity index (χ0v) is 21.4. The monoisotopic (exact) mass is 523 g/mol. The van der Waals surface area contributed by atoms with Crippen molar-refractivity contribution in [3.8, 4) is 11.1 Å². The van der Waals surface area contributed by atoms with Crippen molar-refractivity contribution in [1.82, 2.24) is 0 Å². The van der Waals surface area contributed by atoms with Crippen LogP contribution in [0.2, 0.25) is 0 Å². The van der Waals surface area contributed by atoms with Gasteiger partial charge >= 0.3 is 6.18 Å². The summed E-state index contributed by atoms with van der Waals surface area (Å²) in [6, 6.07) is 13.6. The van der Waals surface area contributed by atoms with Crippen molar-refractivity contribution in [2.24, 2.45) is 20.9 Å². The van der Waals surface area contributed by atoms with Gasteiger partial charge in [-0.3, -0.25) is 4.99 Å². The second-order valence-corrected chi connectivity index (χ2v) is 9.35. The van der Waals surface area contributed by atoms with E-state index in [1.165, 1.54) is 30.5 Å². The lowest BCUT2D eigenvalue weighted by atomic mass is 9.91. The lowest BCUT2D eigenvalue weighted by Crippen LogP contribution is -2.08. The summed E-state index contributed by atoms with van der Waals surface area (Å²) in [6.45, 7) is 5.40. The Kier molecular flexibility index (Phi) is 7.71. The lowest BCUT2D eigenvalue weighted by molar-refractivity contribution is -0.137. The Hall–Kier alpha value is -3.94. The molecular weight excluding hydrogens is 497 g/mol. The summed E-state index contributed by atoms with van der Waals surface area (Å²) in [5.41, 5.74) is 3.14. The van der Waals surface area contributed by atoms with Crippen molar-refractivity contribution >= 4 is 17.8 Å². The van der Waals surface area contributed by atoms with Crippen molar-refractivity contribution in [2.75, 3.05) is 7.05 Å². The molecule has 0 fully saturated rings. The van der Waals surface area contributed by atoms with Crippen LogP contribution in [0.5, 0.6) is 0 Å². The first kappa shape index (κ1) is 27.1. The van der Waals surface area contributed by atoms with Crippen molar-refractivity contribution in [3.05, 3.63) is 106 Å². The molecule has 3 nitrogen and oxygen atoms in total. The Morgan fingerprint density at radius 3 is 2.34 bits per heavy atom. The molecule has 1 aliphatic rings. The third-order valence-corrected chi connectivity index (χ3v) is 6.22. The molecule has 0 aromatic heterocycles. The number of nitrogens with zero attached hydrogens (tertiary/aromatic N) is 3. The first-order valence-corrected chi connectivity index (χ1v) is 12.0. The van der Waals surface area contributed by atoms with Crippen LogP contribution in [0.25, 0.3) is 11.1 Å². The quantitative estimate of drug-likeness (QED) is 0.232. The van der Waals surface area contributed by atoms with Gasteiger partial charge in [-0.05, 0) is 66.6 Å². The summed E-state index contributed by atoms with van der Waals surface area (Å²) < 4.78 is 69.1. The predicted octanol–water partition coefficient (Wildman–Crippen LogP) is 7.93. The molecule has 0 amide bonds. The zero-order valence-electron chi connectivity index (χ0n) is 21.4. The van der Waals surface area contributed by atoms with E-state index in [2.05, 4.69) is 15.0 Å². The second-order valence-electron chi connectivity index (χ2n) is 9.35. The Morgan fingerprint density at radius 1 is 0.921 bits per heavy atom. The second kappa shape index (κ2) is 10.8. The van der Waals surface area contributed by atoms with E-state index in [0.29, 0.717) is 29.0 Å². The average molecular weight is 524 g/mol. The molecule has 3 aromatic rings. The first-order valence-electron chi connectivity index (χ1n) is 12.0. The number of halogens is 5. The molecule has 0 N–H and O–H groups in total. The van der Waals surface area contributed by atoms with E-state index in [4.69, 9.17) is 0 Å². The van der Waals surface area contributed by atoms with Crippen LogP contribution in [0.15, 0.2) is 81.3 Å². The molecule has 38 heavy (non-hydrogen) atoms. The van der Waals surface area contributed by atoms with Crippen LogP contribution < -0.4 is 0 Å². The first-order chi connectivity index (χ1) is 18.0. The van der Waals surface area contributed by atoms with Crippen LogP contribution in [-0.2, 0) is 12.6 Å². The molecular formula is C30H26F5N3. The molecule has 0 bridgehead atoms. The number of hydrogen-bond acceptors (Lipinski definition) is 3. The Bertz CT molecular complexity index is 1500. The lowest BCUT2D eigenvalue weighted by Gasteiger charge is -2.17. The number of benzene rings is 3. The SMILES string of the molecule is CN=CC1=NC(c2cccc(F)c2F)=N/C1=C/C(C)Cc1ccc(-c2ccc(C)cc2C(F)(F)F)c(C)c1. The summed E-state index contributed by atoms with van der Waals surface area (Å²) in [7, 11) is 1.58. The van der Waals surface area contributed by atoms with E-state index >= 15 is 0 Å². The maximum absolute atomic E-state index is 14.3. The van der Waals surface area contributed by atoms with Crippen molar-refractivity contribution < 1.29 is 22.0 Å². The fourth-order valence-electron chi connectivity index (χ4n) is 4.49. The van der Waals surface area contributed by atoms with Gasteiger partial charge in [0.2, 0.25) is 0 Å². The summed E-state index contributed by atoms with van der Waals surface area (Å²) in [5, 5.41) is 0. The van der Waals surface area contributed by atoms with Crippen molar-refractivity contribution in [3.63, 3.8) is 0 Å². The normalized spacial score (nSPS) is 15.8. The summed E-state index contributed by atoms with van der Waals surface area (Å²) in [5.74, 6) is -1.98. The highest BCUT2D eigenvalue weighted by atomic mass is 19.4. The highest BCUT2D eigenvalue weighted by molar-refractivity contribution is 6.42. The number of aliphatic imine (C=N–C) groups is 3. The molecule has 0 saturated heterocycles. The Labute approximate surface area is 218 Å². The molecule has 0 aliphatic carbocycles. The minimum atomic E-state index is -4.46. The summed E-state index contributed by atoms with van der Waals surface area (Å²) >= 11 is 0. The third kappa shape index (κ3) is 5.79. The van der Waals surface area contributed by atoms with E-state index in [1.54, 1.807) is 33.0 Å². The van der Waals surface area contributed by atoms with Gasteiger partial charge < -0.3 is 0 Å². The number of allylic oxidation sites excluding steroid dienone is 2. The van der Waals surface area contributed by atoms with E-state index < -0.39 is 23.4 Å². The smallest absolute Gasteiger partial charge is 0.294 e. The maximum atomic E-state index is 14.3. The highest BCUT2D eigenvalue weighted by Gasteiger charge is 2.34. The van der Waals surface area contributed by atoms with Gasteiger partial charge in [-0.2, -0.15) is 13.2 Å². The molecule has 0 saturated carbocycles. The van der Waals surface area contributed by atoms with E-state index in [0.717, 1.165) is 17.2 Å². The number of aryl methyl sites for hydroxylation is 2. The molecule has 8 heteroatoms. The molecule has 1 atom stereocenters. The summed E-state index contributed by atoms with van der Waals surface area (Å²) in [6.07, 6.45) is -0.496. The molecule has 1 heterocycles. The molecule has 1 unspecified atom stereocenters. The molecule has 4 rings (SSSR count). The van der Waals surface area contributed by atoms with Gasteiger partial charge in [-0.1, -0.05) is 55.0 Å². The third-order valence-electron chi connectivity index (χ3n) is 6.22.